The van der Waals surface area contributed by atoms with E-state index in [4.69, 9.17) is 14.9 Å². The molecule has 1 aromatic carbocycles. The first kappa shape index (κ1) is 14.9. The van der Waals surface area contributed by atoms with E-state index in [9.17, 15) is 9.90 Å². The van der Waals surface area contributed by atoms with Crippen LogP contribution in [-0.4, -0.2) is 58.3 Å². The highest BCUT2D eigenvalue weighted by Crippen LogP contribution is 2.30. The predicted octanol–water partition coefficient (Wildman–Crippen LogP) is -0.667. The van der Waals surface area contributed by atoms with E-state index in [1.165, 1.54) is 4.90 Å². The molecule has 0 aliphatic carbocycles. The van der Waals surface area contributed by atoms with E-state index >= 15 is 0 Å². The summed E-state index contributed by atoms with van der Waals surface area (Å²) in [5, 5.41) is 27.3. The van der Waals surface area contributed by atoms with E-state index in [0.29, 0.717) is 6.54 Å². The van der Waals surface area contributed by atoms with Gasteiger partial charge in [-0.3, -0.25) is 4.79 Å². The standard InChI is InChI=1S/C14H19NO5/c16-7-11(8-17)20-14-12(9-18)13(19)15(14)6-10-4-2-1-3-5-10/h1-5,11-12,14,16-18H,6-9H2/t12-,14-/m0/s1. The van der Waals surface area contributed by atoms with Crippen molar-refractivity contribution in [3.63, 3.8) is 0 Å². The fourth-order valence-electron chi connectivity index (χ4n) is 2.22. The molecule has 2 rings (SSSR count). The first-order valence-corrected chi connectivity index (χ1v) is 6.53. The van der Waals surface area contributed by atoms with Gasteiger partial charge in [0.15, 0.2) is 0 Å². The maximum Gasteiger partial charge on any atom is 0.234 e. The molecule has 0 radical (unpaired) electrons. The first-order chi connectivity index (χ1) is 9.71. The van der Waals surface area contributed by atoms with Gasteiger partial charge in [0.2, 0.25) is 5.91 Å². The third kappa shape index (κ3) is 2.99. The van der Waals surface area contributed by atoms with Crippen molar-refractivity contribution in [2.45, 2.75) is 18.9 Å². The summed E-state index contributed by atoms with van der Waals surface area (Å²) in [6.07, 6.45) is -1.36. The minimum Gasteiger partial charge on any atom is -0.395 e. The molecule has 6 heteroatoms. The quantitative estimate of drug-likeness (QED) is 0.577. The lowest BCUT2D eigenvalue weighted by molar-refractivity contribution is -0.218. The molecule has 1 aliphatic rings. The molecule has 6 nitrogen and oxygen atoms in total. The third-order valence-corrected chi connectivity index (χ3v) is 3.38. The Bertz CT molecular complexity index is 434. The fraction of sp³-hybridized carbons (Fsp3) is 0.500. The second-order valence-corrected chi connectivity index (χ2v) is 4.75. The minimum atomic E-state index is -0.750. The van der Waals surface area contributed by atoms with Crippen LogP contribution in [0.5, 0.6) is 0 Å². The molecule has 0 unspecified atom stereocenters. The molecule has 110 valence electrons. The maximum atomic E-state index is 11.9. The highest BCUT2D eigenvalue weighted by atomic mass is 16.5. The second-order valence-electron chi connectivity index (χ2n) is 4.75. The SMILES string of the molecule is O=C1[C@H](CO)[C@H](OC(CO)CO)N1Cc1ccccc1. The molecule has 20 heavy (non-hydrogen) atoms. The number of benzene rings is 1. The molecule has 0 bridgehead atoms. The van der Waals surface area contributed by atoms with Crippen molar-refractivity contribution < 1.29 is 24.9 Å². The van der Waals surface area contributed by atoms with Crippen LogP contribution in [-0.2, 0) is 16.1 Å². The lowest BCUT2D eigenvalue weighted by Crippen LogP contribution is -2.63. The Kier molecular flexibility index (Phi) is 5.08. The highest BCUT2D eigenvalue weighted by molar-refractivity contribution is 5.85. The van der Waals surface area contributed by atoms with Gasteiger partial charge < -0.3 is 25.0 Å². The summed E-state index contributed by atoms with van der Waals surface area (Å²) in [6, 6.07) is 9.43. The Morgan fingerprint density at radius 3 is 2.35 bits per heavy atom. The molecule has 1 fully saturated rings. The molecular weight excluding hydrogens is 262 g/mol. The van der Waals surface area contributed by atoms with Gasteiger partial charge in [0, 0.05) is 6.54 Å². The van der Waals surface area contributed by atoms with Crippen molar-refractivity contribution in [3.8, 4) is 0 Å². The number of aliphatic hydroxyl groups excluding tert-OH is 3. The molecule has 2 atom stereocenters. The Morgan fingerprint density at radius 2 is 1.80 bits per heavy atom. The molecule has 1 aromatic rings. The van der Waals surface area contributed by atoms with Crippen LogP contribution in [0.3, 0.4) is 0 Å². The van der Waals surface area contributed by atoms with Crippen LogP contribution >= 0.6 is 0 Å². The first-order valence-electron chi connectivity index (χ1n) is 6.53. The molecule has 0 aromatic heterocycles. The van der Waals surface area contributed by atoms with Crippen molar-refractivity contribution >= 4 is 5.91 Å². The summed E-state index contributed by atoms with van der Waals surface area (Å²) in [4.78, 5) is 13.4. The average Bonchev–Trinajstić information content (AvgIpc) is 2.50. The summed E-state index contributed by atoms with van der Waals surface area (Å²) < 4.78 is 5.49. The van der Waals surface area contributed by atoms with E-state index in [1.54, 1.807) is 0 Å². The molecule has 1 heterocycles. The molecule has 0 spiro atoms. The minimum absolute atomic E-state index is 0.184. The van der Waals surface area contributed by atoms with Crippen LogP contribution in [0.4, 0.5) is 0 Å². The van der Waals surface area contributed by atoms with Crippen LogP contribution in [0.15, 0.2) is 30.3 Å². The van der Waals surface area contributed by atoms with Crippen LogP contribution in [0.2, 0.25) is 0 Å². The Labute approximate surface area is 117 Å². The number of hydrogen-bond donors (Lipinski definition) is 3. The monoisotopic (exact) mass is 281 g/mol. The number of carbonyl (C=O) groups is 1. The summed E-state index contributed by atoms with van der Waals surface area (Å²) in [5.41, 5.74) is 0.954. The van der Waals surface area contributed by atoms with E-state index in [1.807, 2.05) is 30.3 Å². The van der Waals surface area contributed by atoms with Crippen LogP contribution in [0.1, 0.15) is 5.56 Å². The number of β-lactam (4-membered cyclic amide) rings is 1. The van der Waals surface area contributed by atoms with Gasteiger partial charge in [-0.1, -0.05) is 30.3 Å². The fourth-order valence-corrected chi connectivity index (χ4v) is 2.22. The normalized spacial score (nSPS) is 22.2. The third-order valence-electron chi connectivity index (χ3n) is 3.38. The number of ether oxygens (including phenoxy) is 1. The van der Waals surface area contributed by atoms with Gasteiger partial charge in [-0.25, -0.2) is 0 Å². The van der Waals surface area contributed by atoms with E-state index in [-0.39, 0.29) is 25.7 Å². The summed E-state index contributed by atoms with van der Waals surface area (Å²) in [6.45, 7) is -0.597. The molecule has 0 saturated carbocycles. The molecule has 1 saturated heterocycles. The van der Waals surface area contributed by atoms with Gasteiger partial charge in [-0.15, -0.1) is 0 Å². The van der Waals surface area contributed by atoms with E-state index < -0.39 is 18.2 Å². The number of hydrogen-bond acceptors (Lipinski definition) is 5. The second kappa shape index (κ2) is 6.81. The number of amides is 1. The van der Waals surface area contributed by atoms with Gasteiger partial charge in [0.05, 0.1) is 19.8 Å². The lowest BCUT2D eigenvalue weighted by atomic mass is 9.95. The highest BCUT2D eigenvalue weighted by Gasteiger charge is 2.48. The Hall–Kier alpha value is -1.47. The molecule has 3 N–H and O–H groups in total. The zero-order chi connectivity index (χ0) is 14.5. The number of aliphatic hydroxyl groups is 3. The summed E-state index contributed by atoms with van der Waals surface area (Å²) in [7, 11) is 0. The predicted molar refractivity (Wildman–Crippen MR) is 70.4 cm³/mol. The van der Waals surface area contributed by atoms with Gasteiger partial charge >= 0.3 is 0 Å². The van der Waals surface area contributed by atoms with Crippen molar-refractivity contribution in [2.75, 3.05) is 19.8 Å². The molecular formula is C14H19NO5. The van der Waals surface area contributed by atoms with E-state index in [2.05, 4.69) is 0 Å². The van der Waals surface area contributed by atoms with Gasteiger partial charge in [-0.05, 0) is 5.56 Å². The number of likely N-dealkylation sites (tertiary alicyclic amines) is 1. The van der Waals surface area contributed by atoms with Crippen molar-refractivity contribution in [1.82, 2.24) is 4.90 Å². The maximum absolute atomic E-state index is 11.9. The van der Waals surface area contributed by atoms with Crippen LogP contribution < -0.4 is 0 Å². The van der Waals surface area contributed by atoms with Crippen LogP contribution in [0.25, 0.3) is 0 Å². The summed E-state index contributed by atoms with van der Waals surface area (Å²) >= 11 is 0. The van der Waals surface area contributed by atoms with Crippen molar-refractivity contribution in [3.05, 3.63) is 35.9 Å². The van der Waals surface area contributed by atoms with E-state index in [0.717, 1.165) is 5.56 Å². The lowest BCUT2D eigenvalue weighted by Gasteiger charge is -2.47. The number of rotatable bonds is 7. The largest absolute Gasteiger partial charge is 0.395 e. The van der Waals surface area contributed by atoms with Gasteiger partial charge in [0.1, 0.15) is 18.2 Å². The zero-order valence-electron chi connectivity index (χ0n) is 11.1. The average molecular weight is 281 g/mol. The summed E-state index contributed by atoms with van der Waals surface area (Å²) in [5.74, 6) is -0.810. The Balaban J connectivity index is 2.04. The molecule has 1 amide bonds. The number of nitrogens with zero attached hydrogens (tertiary/aromatic N) is 1. The number of carbonyl (C=O) groups excluding carboxylic acids is 1. The Morgan fingerprint density at radius 1 is 1.15 bits per heavy atom. The van der Waals surface area contributed by atoms with Gasteiger partial charge in [-0.2, -0.15) is 0 Å². The topological polar surface area (TPSA) is 90.2 Å². The smallest absolute Gasteiger partial charge is 0.234 e. The zero-order valence-corrected chi connectivity index (χ0v) is 11.1. The van der Waals surface area contributed by atoms with Crippen molar-refractivity contribution in [2.24, 2.45) is 5.92 Å². The van der Waals surface area contributed by atoms with Crippen LogP contribution in [0, 0.1) is 5.92 Å². The molecule has 1 aliphatic heterocycles. The van der Waals surface area contributed by atoms with Gasteiger partial charge in [0.25, 0.3) is 0 Å². The van der Waals surface area contributed by atoms with Crippen molar-refractivity contribution in [1.29, 1.82) is 0 Å².